The Bertz CT molecular complexity index is 620. The Morgan fingerprint density at radius 2 is 2.07 bits per heavy atom. The number of fused-ring (bicyclic) bond motifs is 2. The van der Waals surface area contributed by atoms with Crippen LogP contribution in [0.2, 0.25) is 0 Å². The van der Waals surface area contributed by atoms with Crippen molar-refractivity contribution in [3.8, 4) is 0 Å². The largest absolute Gasteiger partial charge is 0.394 e. The number of hydrogen-bond acceptors (Lipinski definition) is 5. The number of carbonyl (C=O) groups excluding carboxylic acids is 1. The first kappa shape index (κ1) is 23.7. The first-order valence-electron chi connectivity index (χ1n) is 11.9. The first-order chi connectivity index (χ1) is 14.2. The van der Waals surface area contributed by atoms with E-state index in [2.05, 4.69) is 45.2 Å². The third kappa shape index (κ3) is 4.47. The second-order valence-corrected chi connectivity index (χ2v) is 10.3. The molecule has 3 aliphatic carbocycles. The number of carbonyl (C=O) groups is 1. The van der Waals surface area contributed by atoms with Gasteiger partial charge in [0.25, 0.3) is 0 Å². The van der Waals surface area contributed by atoms with Gasteiger partial charge in [-0.1, -0.05) is 39.8 Å². The Kier molecular flexibility index (Phi) is 7.65. The summed E-state index contributed by atoms with van der Waals surface area (Å²) < 4.78 is 0. The molecule has 1 saturated heterocycles. The maximum Gasteiger partial charge on any atom is 0.240 e. The van der Waals surface area contributed by atoms with Crippen molar-refractivity contribution in [3.63, 3.8) is 0 Å². The lowest BCUT2D eigenvalue weighted by atomic mass is 9.45. The molecule has 3 saturated carbocycles. The van der Waals surface area contributed by atoms with Crippen LogP contribution < -0.4 is 5.32 Å². The van der Waals surface area contributed by atoms with Crippen LogP contribution in [0.5, 0.6) is 0 Å². The molecule has 1 heterocycles. The Morgan fingerprint density at radius 1 is 1.33 bits per heavy atom. The van der Waals surface area contributed by atoms with Gasteiger partial charge in [0.15, 0.2) is 0 Å². The van der Waals surface area contributed by atoms with Crippen molar-refractivity contribution in [2.24, 2.45) is 29.1 Å². The van der Waals surface area contributed by atoms with E-state index in [4.69, 9.17) is 4.84 Å². The van der Waals surface area contributed by atoms with Crippen LogP contribution in [0.3, 0.4) is 0 Å². The molecule has 0 aromatic carbocycles. The SMILES string of the molecule is CCC=CCCCN1O[C@@H](CO)[C@@H]([C@H](C)O)[C@H]1C(=O)N[C@H]1C[C@H]2C[C@@H]([C@@H]1C)C2(C)C. The van der Waals surface area contributed by atoms with E-state index in [0.717, 1.165) is 25.7 Å². The van der Waals surface area contributed by atoms with Crippen molar-refractivity contribution in [1.82, 2.24) is 10.4 Å². The summed E-state index contributed by atoms with van der Waals surface area (Å²) in [4.78, 5) is 19.4. The number of nitrogens with zero attached hydrogens (tertiary/aromatic N) is 1. The van der Waals surface area contributed by atoms with Crippen LogP contribution in [0.15, 0.2) is 12.2 Å². The minimum absolute atomic E-state index is 0.0723. The van der Waals surface area contributed by atoms with Crippen molar-refractivity contribution in [1.29, 1.82) is 0 Å². The average molecular weight is 423 g/mol. The Balaban J connectivity index is 1.68. The highest BCUT2D eigenvalue weighted by Gasteiger charge is 2.57. The van der Waals surface area contributed by atoms with E-state index in [1.807, 2.05) is 0 Å². The number of rotatable bonds is 9. The molecule has 6 heteroatoms. The Morgan fingerprint density at radius 3 is 2.63 bits per heavy atom. The van der Waals surface area contributed by atoms with E-state index in [1.165, 1.54) is 6.42 Å². The molecule has 2 bridgehead atoms. The summed E-state index contributed by atoms with van der Waals surface area (Å²) in [6.07, 6.45) is 8.09. The summed E-state index contributed by atoms with van der Waals surface area (Å²) in [5.41, 5.74) is 0.374. The lowest BCUT2D eigenvalue weighted by Gasteiger charge is -2.62. The highest BCUT2D eigenvalue weighted by molar-refractivity contribution is 5.82. The zero-order valence-electron chi connectivity index (χ0n) is 19.4. The lowest BCUT2D eigenvalue weighted by molar-refractivity contribution is -0.178. The quantitative estimate of drug-likeness (QED) is 0.393. The van der Waals surface area contributed by atoms with Gasteiger partial charge in [0.2, 0.25) is 5.91 Å². The van der Waals surface area contributed by atoms with Crippen molar-refractivity contribution in [3.05, 3.63) is 12.2 Å². The summed E-state index contributed by atoms with van der Waals surface area (Å²) in [6.45, 7) is 11.2. The Hall–Kier alpha value is -0.950. The predicted molar refractivity (Wildman–Crippen MR) is 117 cm³/mol. The van der Waals surface area contributed by atoms with Crippen LogP contribution in [0.1, 0.15) is 66.7 Å². The molecule has 1 aliphatic heterocycles. The molecule has 0 unspecified atom stereocenters. The molecule has 8 atom stereocenters. The van der Waals surface area contributed by atoms with Gasteiger partial charge in [-0.15, -0.1) is 0 Å². The minimum Gasteiger partial charge on any atom is -0.394 e. The molecule has 0 spiro atoms. The second-order valence-electron chi connectivity index (χ2n) is 10.3. The highest BCUT2D eigenvalue weighted by Crippen LogP contribution is 2.61. The number of aliphatic hydroxyl groups is 2. The summed E-state index contributed by atoms with van der Waals surface area (Å²) in [5.74, 6) is 1.26. The van der Waals surface area contributed by atoms with E-state index < -0.39 is 24.2 Å². The molecule has 30 heavy (non-hydrogen) atoms. The fraction of sp³-hybridized carbons (Fsp3) is 0.875. The molecule has 4 fully saturated rings. The van der Waals surface area contributed by atoms with Gasteiger partial charge in [0.05, 0.1) is 12.7 Å². The highest BCUT2D eigenvalue weighted by atomic mass is 16.7. The molecule has 0 aromatic heterocycles. The maximum absolute atomic E-state index is 13.4. The van der Waals surface area contributed by atoms with Gasteiger partial charge in [-0.2, -0.15) is 5.06 Å². The normalized spacial score (nSPS) is 39.1. The van der Waals surface area contributed by atoms with Gasteiger partial charge in [-0.05, 0) is 62.2 Å². The number of nitrogens with one attached hydrogen (secondary N) is 1. The van der Waals surface area contributed by atoms with Crippen molar-refractivity contribution < 1.29 is 19.8 Å². The van der Waals surface area contributed by atoms with Crippen molar-refractivity contribution >= 4 is 5.91 Å². The summed E-state index contributed by atoms with van der Waals surface area (Å²) in [5, 5.41) is 25.2. The van der Waals surface area contributed by atoms with E-state index in [-0.39, 0.29) is 18.6 Å². The second kappa shape index (κ2) is 9.68. The number of allylic oxidation sites excluding steroid dienone is 2. The number of unbranched alkanes of at least 4 members (excludes halogenated alkanes) is 1. The monoisotopic (exact) mass is 422 g/mol. The minimum atomic E-state index is -0.737. The molecule has 4 rings (SSSR count). The molecule has 0 aromatic rings. The topological polar surface area (TPSA) is 82.0 Å². The maximum atomic E-state index is 13.4. The van der Waals surface area contributed by atoms with Crippen LogP contribution in [-0.4, -0.2) is 58.6 Å². The molecule has 4 aliphatic rings. The molecule has 172 valence electrons. The number of hydrogen-bond donors (Lipinski definition) is 3. The van der Waals surface area contributed by atoms with E-state index >= 15 is 0 Å². The van der Waals surface area contributed by atoms with E-state index in [9.17, 15) is 15.0 Å². The fourth-order valence-electron chi connectivity index (χ4n) is 6.19. The van der Waals surface area contributed by atoms with E-state index in [1.54, 1.807) is 12.0 Å². The molecule has 3 N–H and O–H groups in total. The van der Waals surface area contributed by atoms with Gasteiger partial charge >= 0.3 is 0 Å². The van der Waals surface area contributed by atoms with E-state index in [0.29, 0.717) is 29.7 Å². The van der Waals surface area contributed by atoms with Gasteiger partial charge in [0, 0.05) is 18.5 Å². The summed E-state index contributed by atoms with van der Waals surface area (Å²) in [6, 6.07) is -0.401. The van der Waals surface area contributed by atoms with Crippen molar-refractivity contribution in [2.75, 3.05) is 13.2 Å². The zero-order valence-corrected chi connectivity index (χ0v) is 19.4. The van der Waals surface area contributed by atoms with Gasteiger partial charge in [-0.3, -0.25) is 9.63 Å². The average Bonchev–Trinajstić information content (AvgIpc) is 3.07. The number of amides is 1. The third-order valence-electron chi connectivity index (χ3n) is 8.21. The van der Waals surface area contributed by atoms with Gasteiger partial charge in [-0.25, -0.2) is 0 Å². The van der Waals surface area contributed by atoms with Gasteiger partial charge < -0.3 is 15.5 Å². The predicted octanol–water partition coefficient (Wildman–Crippen LogP) is 2.89. The fourth-order valence-corrected chi connectivity index (χ4v) is 6.19. The molecular formula is C24H42N2O4. The molecule has 1 amide bonds. The molecule has 0 radical (unpaired) electrons. The Labute approximate surface area is 182 Å². The van der Waals surface area contributed by atoms with Crippen LogP contribution in [0.25, 0.3) is 0 Å². The standard InChI is InChI=1S/C24H42N2O4/c1-6-7-8-9-10-11-26-22(21(16(3)28)20(14-27)30-26)23(29)25-19-13-17-12-18(15(19)2)24(17,4)5/h7-8,15-22,27-28H,6,9-14H2,1-5H3,(H,25,29)/t15-,16-,17+,18-,19-,20-,21+,22-/m0/s1. The summed E-state index contributed by atoms with van der Waals surface area (Å²) in [7, 11) is 0. The first-order valence-corrected chi connectivity index (χ1v) is 11.9. The molecular weight excluding hydrogens is 380 g/mol. The van der Waals surface area contributed by atoms with Gasteiger partial charge in [0.1, 0.15) is 12.1 Å². The van der Waals surface area contributed by atoms with Crippen LogP contribution >= 0.6 is 0 Å². The summed E-state index contributed by atoms with van der Waals surface area (Å²) >= 11 is 0. The lowest BCUT2D eigenvalue weighted by Crippen LogP contribution is -2.62. The smallest absolute Gasteiger partial charge is 0.240 e. The molecule has 6 nitrogen and oxygen atoms in total. The number of hydroxylamine groups is 2. The number of aliphatic hydroxyl groups excluding tert-OH is 2. The van der Waals surface area contributed by atoms with Crippen LogP contribution in [-0.2, 0) is 9.63 Å². The van der Waals surface area contributed by atoms with Crippen LogP contribution in [0.4, 0.5) is 0 Å². The van der Waals surface area contributed by atoms with Crippen LogP contribution in [0, 0.1) is 29.1 Å². The third-order valence-corrected chi connectivity index (χ3v) is 8.21. The zero-order chi connectivity index (χ0) is 22.1. The van der Waals surface area contributed by atoms with Crippen molar-refractivity contribution in [2.45, 2.75) is 91.0 Å².